The quantitative estimate of drug-likeness (QED) is 0.313. The number of nitrogens with zero attached hydrogens (tertiary/aromatic N) is 5. The molecular formula is C20H23N5O2S. The third kappa shape index (κ3) is 4.33. The number of methoxy groups -OCH3 is 1. The molecule has 0 aliphatic heterocycles. The Morgan fingerprint density at radius 1 is 1.29 bits per heavy atom. The van der Waals surface area contributed by atoms with Crippen LogP contribution in [0, 0.1) is 13.8 Å². The fourth-order valence-corrected chi connectivity index (χ4v) is 3.76. The lowest BCUT2D eigenvalue weighted by atomic mass is 10.2. The topological polar surface area (TPSA) is 74.8 Å². The molecule has 0 saturated carbocycles. The van der Waals surface area contributed by atoms with Crippen LogP contribution in [-0.2, 0) is 13.1 Å². The molecule has 7 nitrogen and oxygen atoms in total. The first-order valence-corrected chi connectivity index (χ1v) is 9.84. The van der Waals surface area contributed by atoms with E-state index < -0.39 is 0 Å². The van der Waals surface area contributed by atoms with Gasteiger partial charge in [0.05, 0.1) is 19.4 Å². The highest BCUT2D eigenvalue weighted by Crippen LogP contribution is 2.21. The van der Waals surface area contributed by atoms with Crippen molar-refractivity contribution >= 4 is 17.5 Å². The summed E-state index contributed by atoms with van der Waals surface area (Å²) in [6.07, 6.45) is 1.83. The summed E-state index contributed by atoms with van der Waals surface area (Å²) in [6.45, 7) is 8.95. The zero-order chi connectivity index (χ0) is 20.1. The average Bonchev–Trinajstić information content (AvgIpc) is 3.26. The summed E-state index contributed by atoms with van der Waals surface area (Å²) in [5.74, 6) is 1.14. The molecule has 2 heterocycles. The number of aryl methyl sites for hydroxylation is 1. The first-order chi connectivity index (χ1) is 13.5. The summed E-state index contributed by atoms with van der Waals surface area (Å²) in [5.41, 5.74) is 3.80. The van der Waals surface area contributed by atoms with Crippen LogP contribution in [-0.4, -0.2) is 43.4 Å². The number of tetrazole rings is 1. The molecule has 28 heavy (non-hydrogen) atoms. The number of ketones is 1. The van der Waals surface area contributed by atoms with Crippen molar-refractivity contribution < 1.29 is 9.53 Å². The van der Waals surface area contributed by atoms with E-state index >= 15 is 0 Å². The third-order valence-corrected chi connectivity index (χ3v) is 5.47. The van der Waals surface area contributed by atoms with Crippen LogP contribution in [0.2, 0.25) is 0 Å². The lowest BCUT2D eigenvalue weighted by Crippen LogP contribution is -2.08. The van der Waals surface area contributed by atoms with Crippen molar-refractivity contribution in [2.75, 3.05) is 12.9 Å². The van der Waals surface area contributed by atoms with Crippen LogP contribution in [0.1, 0.15) is 27.3 Å². The maximum Gasteiger partial charge on any atom is 0.210 e. The molecule has 0 atom stereocenters. The number of rotatable bonds is 9. The van der Waals surface area contributed by atoms with Crippen molar-refractivity contribution in [3.63, 3.8) is 0 Å². The normalized spacial score (nSPS) is 10.8. The highest BCUT2D eigenvalue weighted by Gasteiger charge is 2.17. The standard InChI is InChI=1S/C20H23N5O2S/c1-5-10-24-14(2)11-18(15(24)3)19(26)13-28-20-21-22-23-25(20)12-16-6-8-17(27-4)9-7-16/h5-9,11H,1,10,12-13H2,2-4H3. The van der Waals surface area contributed by atoms with Crippen molar-refractivity contribution in [1.29, 1.82) is 0 Å². The van der Waals surface area contributed by atoms with Crippen LogP contribution in [0.4, 0.5) is 0 Å². The third-order valence-electron chi connectivity index (χ3n) is 4.51. The molecule has 3 aromatic rings. The van der Waals surface area contributed by atoms with Gasteiger partial charge in [-0.3, -0.25) is 4.79 Å². The highest BCUT2D eigenvalue weighted by atomic mass is 32.2. The monoisotopic (exact) mass is 397 g/mol. The summed E-state index contributed by atoms with van der Waals surface area (Å²) in [7, 11) is 1.64. The van der Waals surface area contributed by atoms with E-state index in [4.69, 9.17) is 4.74 Å². The van der Waals surface area contributed by atoms with E-state index in [-0.39, 0.29) is 11.5 Å². The predicted molar refractivity (Wildman–Crippen MR) is 109 cm³/mol. The van der Waals surface area contributed by atoms with Crippen molar-refractivity contribution in [3.8, 4) is 5.75 Å². The summed E-state index contributed by atoms with van der Waals surface area (Å²) >= 11 is 1.34. The van der Waals surface area contributed by atoms with Crippen LogP contribution >= 0.6 is 11.8 Å². The summed E-state index contributed by atoms with van der Waals surface area (Å²) in [4.78, 5) is 12.7. The number of hydrogen-bond donors (Lipinski definition) is 0. The number of allylic oxidation sites excluding steroid dienone is 1. The number of thioether (sulfide) groups is 1. The second-order valence-electron chi connectivity index (χ2n) is 6.36. The van der Waals surface area contributed by atoms with Gasteiger partial charge in [-0.2, -0.15) is 0 Å². The Morgan fingerprint density at radius 3 is 2.71 bits per heavy atom. The molecule has 0 spiro atoms. The molecule has 0 aliphatic carbocycles. The largest absolute Gasteiger partial charge is 0.497 e. The molecule has 1 aromatic carbocycles. The van der Waals surface area contributed by atoms with Gasteiger partial charge in [-0.25, -0.2) is 4.68 Å². The SMILES string of the molecule is C=CCn1c(C)cc(C(=O)CSc2nnnn2Cc2ccc(OC)cc2)c1C. The van der Waals surface area contributed by atoms with Gasteiger partial charge in [-0.1, -0.05) is 30.0 Å². The number of aromatic nitrogens is 5. The number of benzene rings is 1. The van der Waals surface area contributed by atoms with Crippen molar-refractivity contribution in [3.05, 3.63) is 65.5 Å². The zero-order valence-electron chi connectivity index (χ0n) is 16.3. The maximum absolute atomic E-state index is 12.7. The molecule has 3 rings (SSSR count). The van der Waals surface area contributed by atoms with Gasteiger partial charge >= 0.3 is 0 Å². The van der Waals surface area contributed by atoms with Crippen molar-refractivity contribution in [2.24, 2.45) is 0 Å². The second kappa shape index (κ2) is 8.88. The Bertz CT molecular complexity index is 975. The number of carbonyl (C=O) groups is 1. The summed E-state index contributed by atoms with van der Waals surface area (Å²) in [5, 5.41) is 12.5. The smallest absolute Gasteiger partial charge is 0.210 e. The van der Waals surface area contributed by atoms with Crippen LogP contribution in [0.5, 0.6) is 5.75 Å². The van der Waals surface area contributed by atoms with E-state index in [1.807, 2.05) is 50.3 Å². The molecular weight excluding hydrogens is 374 g/mol. The van der Waals surface area contributed by atoms with Crippen molar-refractivity contribution in [1.82, 2.24) is 24.8 Å². The van der Waals surface area contributed by atoms with Gasteiger partial charge < -0.3 is 9.30 Å². The molecule has 0 radical (unpaired) electrons. The van der Waals surface area contributed by atoms with Gasteiger partial charge in [0.15, 0.2) is 5.78 Å². The molecule has 0 unspecified atom stereocenters. The Morgan fingerprint density at radius 2 is 2.04 bits per heavy atom. The summed E-state index contributed by atoms with van der Waals surface area (Å²) in [6, 6.07) is 9.66. The van der Waals surface area contributed by atoms with Crippen LogP contribution < -0.4 is 4.74 Å². The van der Waals surface area contributed by atoms with Gasteiger partial charge in [0.25, 0.3) is 0 Å². The lowest BCUT2D eigenvalue weighted by molar-refractivity contribution is 0.102. The lowest BCUT2D eigenvalue weighted by Gasteiger charge is -2.07. The van der Waals surface area contributed by atoms with Gasteiger partial charge in [-0.15, -0.1) is 11.7 Å². The Balaban J connectivity index is 1.67. The molecule has 2 aromatic heterocycles. The number of carbonyl (C=O) groups excluding carboxylic acids is 1. The van der Waals surface area contributed by atoms with E-state index in [9.17, 15) is 4.79 Å². The predicted octanol–water partition coefficient (Wildman–Crippen LogP) is 3.31. The number of hydrogen-bond acceptors (Lipinski definition) is 6. The van der Waals surface area contributed by atoms with Gasteiger partial charge in [0.1, 0.15) is 5.75 Å². The van der Waals surface area contributed by atoms with Gasteiger partial charge in [0, 0.05) is 23.5 Å². The number of Topliss-reactive ketones (excluding diaryl/α,β-unsaturated/α-hetero) is 1. The van der Waals surface area contributed by atoms with E-state index in [2.05, 4.69) is 26.7 Å². The van der Waals surface area contributed by atoms with Gasteiger partial charge in [0.2, 0.25) is 5.16 Å². The minimum atomic E-state index is 0.0624. The second-order valence-corrected chi connectivity index (χ2v) is 7.31. The molecule has 0 amide bonds. The molecule has 8 heteroatoms. The minimum absolute atomic E-state index is 0.0624. The highest BCUT2D eigenvalue weighted by molar-refractivity contribution is 7.99. The van der Waals surface area contributed by atoms with Crippen LogP contribution in [0.3, 0.4) is 0 Å². The number of ether oxygens (including phenoxy) is 1. The zero-order valence-corrected chi connectivity index (χ0v) is 17.1. The molecule has 0 N–H and O–H groups in total. The molecule has 0 fully saturated rings. The van der Waals surface area contributed by atoms with E-state index in [0.29, 0.717) is 18.2 Å². The van der Waals surface area contributed by atoms with Crippen LogP contribution in [0.15, 0.2) is 48.1 Å². The fourth-order valence-electron chi connectivity index (χ4n) is 3.00. The maximum atomic E-state index is 12.7. The van der Waals surface area contributed by atoms with E-state index in [1.54, 1.807) is 11.8 Å². The van der Waals surface area contributed by atoms with Crippen molar-refractivity contribution in [2.45, 2.75) is 32.1 Å². The Hall–Kier alpha value is -2.87. The molecule has 0 aliphatic rings. The molecule has 146 valence electrons. The summed E-state index contributed by atoms with van der Waals surface area (Å²) < 4.78 is 8.95. The molecule has 0 bridgehead atoms. The fraction of sp³-hybridized carbons (Fsp3) is 0.300. The first kappa shape index (κ1) is 19.9. The minimum Gasteiger partial charge on any atom is -0.497 e. The van der Waals surface area contributed by atoms with E-state index in [1.165, 1.54) is 11.8 Å². The first-order valence-electron chi connectivity index (χ1n) is 8.86. The van der Waals surface area contributed by atoms with Crippen LogP contribution in [0.25, 0.3) is 0 Å². The Labute approximate surface area is 168 Å². The van der Waals surface area contributed by atoms with Gasteiger partial charge in [-0.05, 0) is 48.0 Å². The average molecular weight is 398 g/mol. The Kier molecular flexibility index (Phi) is 6.30. The van der Waals surface area contributed by atoms with E-state index in [0.717, 1.165) is 28.3 Å². The molecule has 0 saturated heterocycles.